The molecule has 0 spiro atoms. The number of rotatable bonds is 10. The second-order valence-electron chi connectivity index (χ2n) is 3.96. The van der Waals surface area contributed by atoms with Crippen LogP contribution in [-0.4, -0.2) is 57.2 Å². The molecule has 0 saturated heterocycles. The van der Waals surface area contributed by atoms with E-state index < -0.39 is 36.2 Å². The van der Waals surface area contributed by atoms with Crippen molar-refractivity contribution in [2.24, 2.45) is 5.92 Å². The fourth-order valence-electron chi connectivity index (χ4n) is 1.23. The molecule has 0 bridgehead atoms. The normalized spacial score (nSPS) is 13.1. The number of carbonyl (C=O) groups is 3. The molecule has 0 aliphatic rings. The summed E-state index contributed by atoms with van der Waals surface area (Å²) in [4.78, 5) is 34.1. The number of halogens is 3. The van der Waals surface area contributed by atoms with Gasteiger partial charge in [0.2, 0.25) is 0 Å². The third kappa shape index (κ3) is 7.89. The van der Waals surface area contributed by atoms with E-state index in [0.29, 0.717) is 6.08 Å². The van der Waals surface area contributed by atoms with E-state index in [2.05, 4.69) is 9.47 Å². The van der Waals surface area contributed by atoms with Gasteiger partial charge in [0.05, 0.1) is 19.8 Å². The predicted molar refractivity (Wildman–Crippen MR) is 68.0 cm³/mol. The maximum atomic E-state index is 12.1. The van der Waals surface area contributed by atoms with Gasteiger partial charge in [-0.2, -0.15) is 13.2 Å². The Kier molecular flexibility index (Phi) is 9.27. The summed E-state index contributed by atoms with van der Waals surface area (Å²) < 4.78 is 50.4. The van der Waals surface area contributed by atoms with Gasteiger partial charge >= 0.3 is 12.1 Å². The summed E-state index contributed by atoms with van der Waals surface area (Å²) in [7, 11) is 1.41. The largest absolute Gasteiger partial charge is 0.465 e. The van der Waals surface area contributed by atoms with Crippen molar-refractivity contribution in [3.8, 4) is 0 Å². The lowest BCUT2D eigenvalue weighted by Crippen LogP contribution is -2.29. The van der Waals surface area contributed by atoms with Gasteiger partial charge in [-0.05, 0) is 13.0 Å². The Morgan fingerprint density at radius 1 is 1.18 bits per heavy atom. The molecule has 0 fully saturated rings. The van der Waals surface area contributed by atoms with Gasteiger partial charge in [0.1, 0.15) is 12.5 Å². The zero-order valence-corrected chi connectivity index (χ0v) is 12.1. The first-order valence-electron chi connectivity index (χ1n) is 6.29. The van der Waals surface area contributed by atoms with E-state index in [-0.39, 0.29) is 25.9 Å². The maximum absolute atomic E-state index is 12.1. The molecule has 22 heavy (non-hydrogen) atoms. The standard InChI is InChI=1S/C13H17F3O6/c1-3-22-12(19)9(4-5-11(18)13(14,15)16)10(17)8-21-7-6-20-2/h4-5,9H,3,6-8H2,1-2H3/b5-4+. The van der Waals surface area contributed by atoms with E-state index in [1.807, 2.05) is 0 Å². The van der Waals surface area contributed by atoms with Gasteiger partial charge in [-0.3, -0.25) is 14.4 Å². The molecular weight excluding hydrogens is 309 g/mol. The highest BCUT2D eigenvalue weighted by Crippen LogP contribution is 2.17. The third-order valence-corrected chi connectivity index (χ3v) is 2.28. The number of carbonyl (C=O) groups excluding carboxylic acids is 3. The Morgan fingerprint density at radius 3 is 2.32 bits per heavy atom. The van der Waals surface area contributed by atoms with Crippen molar-refractivity contribution in [2.75, 3.05) is 33.5 Å². The van der Waals surface area contributed by atoms with Crippen LogP contribution in [0.3, 0.4) is 0 Å². The summed E-state index contributed by atoms with van der Waals surface area (Å²) in [5.74, 6) is -5.67. The Bertz CT molecular complexity index is 416. The fourth-order valence-corrected chi connectivity index (χ4v) is 1.23. The highest BCUT2D eigenvalue weighted by Gasteiger charge is 2.37. The van der Waals surface area contributed by atoms with Crippen LogP contribution < -0.4 is 0 Å². The topological polar surface area (TPSA) is 78.9 Å². The van der Waals surface area contributed by atoms with Gasteiger partial charge in [-0.25, -0.2) is 0 Å². The molecule has 0 aromatic rings. The van der Waals surface area contributed by atoms with Crippen LogP contribution in [0.15, 0.2) is 12.2 Å². The van der Waals surface area contributed by atoms with Crippen LogP contribution in [0.2, 0.25) is 0 Å². The first-order valence-corrected chi connectivity index (χ1v) is 6.29. The smallest absolute Gasteiger partial charge is 0.454 e. The summed E-state index contributed by atoms with van der Waals surface area (Å²) in [5, 5.41) is 0. The highest BCUT2D eigenvalue weighted by molar-refractivity contribution is 6.03. The second-order valence-corrected chi connectivity index (χ2v) is 3.96. The number of ketones is 2. The minimum Gasteiger partial charge on any atom is -0.465 e. The summed E-state index contributed by atoms with van der Waals surface area (Å²) in [5.41, 5.74) is 0. The van der Waals surface area contributed by atoms with Crippen molar-refractivity contribution in [1.29, 1.82) is 0 Å². The molecule has 0 saturated carbocycles. The van der Waals surface area contributed by atoms with Crippen molar-refractivity contribution in [3.63, 3.8) is 0 Å². The molecule has 0 rings (SSSR count). The number of hydrogen-bond acceptors (Lipinski definition) is 6. The molecule has 0 amide bonds. The van der Waals surface area contributed by atoms with Crippen LogP contribution in [0.25, 0.3) is 0 Å². The molecular formula is C13H17F3O6. The Balaban J connectivity index is 4.83. The summed E-state index contributed by atoms with van der Waals surface area (Å²) in [6, 6.07) is 0. The van der Waals surface area contributed by atoms with Gasteiger partial charge in [0, 0.05) is 7.11 Å². The molecule has 126 valence electrons. The first-order chi connectivity index (χ1) is 10.2. The van der Waals surface area contributed by atoms with Crippen LogP contribution in [-0.2, 0) is 28.6 Å². The molecule has 0 aliphatic heterocycles. The highest BCUT2D eigenvalue weighted by atomic mass is 19.4. The van der Waals surface area contributed by atoms with Crippen LogP contribution in [0.1, 0.15) is 6.92 Å². The van der Waals surface area contributed by atoms with Crippen molar-refractivity contribution in [1.82, 2.24) is 0 Å². The monoisotopic (exact) mass is 326 g/mol. The molecule has 6 nitrogen and oxygen atoms in total. The number of hydrogen-bond donors (Lipinski definition) is 0. The molecule has 9 heteroatoms. The number of allylic oxidation sites excluding steroid dienone is 1. The van der Waals surface area contributed by atoms with Crippen molar-refractivity contribution < 1.29 is 41.8 Å². The van der Waals surface area contributed by atoms with E-state index >= 15 is 0 Å². The third-order valence-electron chi connectivity index (χ3n) is 2.28. The lowest BCUT2D eigenvalue weighted by atomic mass is 10.0. The number of ether oxygens (including phenoxy) is 3. The van der Waals surface area contributed by atoms with Gasteiger partial charge in [0.25, 0.3) is 5.78 Å². The maximum Gasteiger partial charge on any atom is 0.454 e. The molecule has 0 radical (unpaired) electrons. The van der Waals surface area contributed by atoms with Gasteiger partial charge < -0.3 is 14.2 Å². The van der Waals surface area contributed by atoms with E-state index in [0.717, 1.165) is 0 Å². The van der Waals surface area contributed by atoms with Crippen molar-refractivity contribution in [2.45, 2.75) is 13.1 Å². The van der Waals surface area contributed by atoms with Gasteiger partial charge in [0.15, 0.2) is 5.78 Å². The molecule has 0 aromatic carbocycles. The predicted octanol–water partition coefficient (Wildman–Crippen LogP) is 1.09. The van der Waals surface area contributed by atoms with Crippen LogP contribution in [0, 0.1) is 5.92 Å². The van der Waals surface area contributed by atoms with Crippen LogP contribution >= 0.6 is 0 Å². The minimum absolute atomic E-state index is 0.0613. The van der Waals surface area contributed by atoms with Crippen molar-refractivity contribution in [3.05, 3.63) is 12.2 Å². The molecule has 0 heterocycles. The zero-order valence-electron chi connectivity index (χ0n) is 12.1. The van der Waals surface area contributed by atoms with E-state index in [1.165, 1.54) is 14.0 Å². The second kappa shape index (κ2) is 10.1. The number of methoxy groups -OCH3 is 1. The molecule has 1 atom stereocenters. The van der Waals surface area contributed by atoms with Crippen LogP contribution in [0.4, 0.5) is 13.2 Å². The molecule has 0 aromatic heterocycles. The summed E-state index contributed by atoms with van der Waals surface area (Å²) in [6.07, 6.45) is -4.38. The average molecular weight is 326 g/mol. The fraction of sp³-hybridized carbons (Fsp3) is 0.615. The minimum atomic E-state index is -5.08. The molecule has 0 N–H and O–H groups in total. The lowest BCUT2D eigenvalue weighted by Gasteiger charge is -2.11. The zero-order chi connectivity index (χ0) is 17.2. The molecule has 1 unspecified atom stereocenters. The Morgan fingerprint density at radius 2 is 1.82 bits per heavy atom. The van der Waals surface area contributed by atoms with E-state index in [9.17, 15) is 27.6 Å². The van der Waals surface area contributed by atoms with Crippen molar-refractivity contribution >= 4 is 17.5 Å². The van der Waals surface area contributed by atoms with Gasteiger partial charge in [-0.1, -0.05) is 6.08 Å². The number of esters is 1. The quantitative estimate of drug-likeness (QED) is 0.259. The molecule has 0 aliphatic carbocycles. The average Bonchev–Trinajstić information content (AvgIpc) is 2.42. The van der Waals surface area contributed by atoms with E-state index in [4.69, 9.17) is 4.74 Å². The summed E-state index contributed by atoms with van der Waals surface area (Å²) in [6.45, 7) is 1.17. The summed E-state index contributed by atoms with van der Waals surface area (Å²) >= 11 is 0. The van der Waals surface area contributed by atoms with Crippen LogP contribution in [0.5, 0.6) is 0 Å². The SMILES string of the molecule is CCOC(=O)C(/C=C/C(=O)C(F)(F)F)C(=O)COCCOC. The van der Waals surface area contributed by atoms with E-state index in [1.54, 1.807) is 0 Å². The van der Waals surface area contributed by atoms with Gasteiger partial charge in [-0.15, -0.1) is 0 Å². The Labute approximate surface area is 125 Å². The lowest BCUT2D eigenvalue weighted by molar-refractivity contribution is -0.165. The first kappa shape index (κ1) is 20.3. The number of alkyl halides is 3. The Hall–Kier alpha value is -1.74. The number of Topliss-reactive ketones (excluding diaryl/α,β-unsaturated/α-hetero) is 1.